The Bertz CT molecular complexity index is 653. The number of H-pyrrole nitrogens is 1. The van der Waals surface area contributed by atoms with Crippen molar-refractivity contribution in [3.63, 3.8) is 0 Å². The molecule has 0 saturated carbocycles. The molecule has 0 radical (unpaired) electrons. The predicted octanol–water partition coefficient (Wildman–Crippen LogP) is 2.08. The molecule has 3 N–H and O–H groups in total. The number of hydrogen-bond donors (Lipinski definition) is 2. The quantitative estimate of drug-likeness (QED) is 0.842. The van der Waals surface area contributed by atoms with Gasteiger partial charge in [0.2, 0.25) is 5.82 Å². The second-order valence-corrected chi connectivity index (χ2v) is 5.53. The minimum atomic E-state index is -4.60. The van der Waals surface area contributed by atoms with Crippen molar-refractivity contribution in [2.45, 2.75) is 37.9 Å². The van der Waals surface area contributed by atoms with Crippen LogP contribution in [0, 0.1) is 0 Å². The van der Waals surface area contributed by atoms with Crippen LogP contribution in [0.5, 0.6) is 0 Å². The van der Waals surface area contributed by atoms with Gasteiger partial charge in [-0.05, 0) is 12.8 Å². The zero-order valence-corrected chi connectivity index (χ0v) is 11.9. The van der Waals surface area contributed by atoms with Gasteiger partial charge in [-0.1, -0.05) is 12.8 Å². The smallest absolute Gasteiger partial charge is 0.353 e. The monoisotopic (exact) mass is 314 g/mol. The molecule has 1 unspecified atom stereocenters. The lowest BCUT2D eigenvalue weighted by atomic mass is 10.1. The highest BCUT2D eigenvalue weighted by atomic mass is 19.4. The van der Waals surface area contributed by atoms with E-state index in [0.717, 1.165) is 25.7 Å². The van der Waals surface area contributed by atoms with Crippen LogP contribution in [-0.2, 0) is 6.18 Å². The molecule has 6 nitrogen and oxygen atoms in total. The van der Waals surface area contributed by atoms with Gasteiger partial charge in [0.25, 0.3) is 0 Å². The maximum absolute atomic E-state index is 13.0. The average molecular weight is 314 g/mol. The van der Waals surface area contributed by atoms with Crippen molar-refractivity contribution in [3.05, 3.63) is 12.2 Å². The van der Waals surface area contributed by atoms with E-state index in [2.05, 4.69) is 19.9 Å². The van der Waals surface area contributed by atoms with E-state index in [1.165, 1.54) is 6.33 Å². The topological polar surface area (TPSA) is 83.7 Å². The number of halogens is 3. The highest BCUT2D eigenvalue weighted by molar-refractivity contribution is 5.83. The first-order valence-electron chi connectivity index (χ1n) is 7.24. The maximum Gasteiger partial charge on any atom is 0.451 e. The van der Waals surface area contributed by atoms with Gasteiger partial charge in [0, 0.05) is 19.1 Å². The molecule has 2 aromatic heterocycles. The van der Waals surface area contributed by atoms with E-state index in [-0.39, 0.29) is 17.5 Å². The normalized spacial score (nSPS) is 20.9. The summed E-state index contributed by atoms with van der Waals surface area (Å²) in [7, 11) is 0. The summed E-state index contributed by atoms with van der Waals surface area (Å²) in [6, 6.07) is -0.0810. The van der Waals surface area contributed by atoms with E-state index < -0.39 is 12.0 Å². The fourth-order valence-corrected chi connectivity index (χ4v) is 2.72. The van der Waals surface area contributed by atoms with E-state index in [1.807, 2.05) is 0 Å². The van der Waals surface area contributed by atoms with Crippen molar-refractivity contribution in [2.24, 2.45) is 5.73 Å². The molecule has 1 atom stereocenters. The third kappa shape index (κ3) is 2.99. The van der Waals surface area contributed by atoms with Gasteiger partial charge in [-0.15, -0.1) is 0 Å². The number of nitrogens with two attached hydrogens (primary N) is 1. The molecule has 0 spiro atoms. The molecule has 3 heterocycles. The lowest BCUT2D eigenvalue weighted by molar-refractivity contribution is -0.144. The molecule has 9 heteroatoms. The number of nitrogens with one attached hydrogen (secondary N) is 1. The predicted molar refractivity (Wildman–Crippen MR) is 75.3 cm³/mol. The van der Waals surface area contributed by atoms with Crippen LogP contribution in [0.2, 0.25) is 0 Å². The van der Waals surface area contributed by atoms with Gasteiger partial charge in [-0.3, -0.25) is 0 Å². The summed E-state index contributed by atoms with van der Waals surface area (Å²) in [5, 5.41) is 0. The summed E-state index contributed by atoms with van der Waals surface area (Å²) >= 11 is 0. The minimum Gasteiger partial charge on any atom is -0.353 e. The SMILES string of the molecule is NC1CCCCCN(c2nc(C(F)(F)F)nc3nc[nH]c23)C1. The van der Waals surface area contributed by atoms with Crippen LogP contribution < -0.4 is 10.6 Å². The van der Waals surface area contributed by atoms with E-state index in [0.29, 0.717) is 18.6 Å². The molecule has 3 rings (SSSR count). The first kappa shape index (κ1) is 15.0. The fourth-order valence-electron chi connectivity index (χ4n) is 2.72. The van der Waals surface area contributed by atoms with E-state index in [4.69, 9.17) is 5.73 Å². The van der Waals surface area contributed by atoms with Crippen LogP contribution in [0.3, 0.4) is 0 Å². The second-order valence-electron chi connectivity index (χ2n) is 5.53. The second kappa shape index (κ2) is 5.71. The average Bonchev–Trinajstić information content (AvgIpc) is 2.89. The highest BCUT2D eigenvalue weighted by Crippen LogP contribution is 2.31. The van der Waals surface area contributed by atoms with Gasteiger partial charge in [0.15, 0.2) is 11.5 Å². The molecule has 0 amide bonds. The van der Waals surface area contributed by atoms with Crippen molar-refractivity contribution < 1.29 is 13.2 Å². The van der Waals surface area contributed by atoms with Crippen molar-refractivity contribution >= 4 is 17.0 Å². The van der Waals surface area contributed by atoms with E-state index in [1.54, 1.807) is 4.90 Å². The van der Waals surface area contributed by atoms with Crippen LogP contribution in [0.1, 0.15) is 31.5 Å². The zero-order chi connectivity index (χ0) is 15.7. The number of fused-ring (bicyclic) bond motifs is 1. The van der Waals surface area contributed by atoms with Crippen LogP contribution in [0.15, 0.2) is 6.33 Å². The standard InChI is InChI=1S/C13H17F3N6/c14-13(15,16)12-20-10-9(18-7-19-10)11(21-12)22-5-3-1-2-4-8(17)6-22/h7-8H,1-6,17H2,(H,18,19,20,21). The van der Waals surface area contributed by atoms with Gasteiger partial charge in [0.05, 0.1) is 6.33 Å². The lowest BCUT2D eigenvalue weighted by Gasteiger charge is -2.29. The maximum atomic E-state index is 13.0. The molecule has 1 aliphatic heterocycles. The fraction of sp³-hybridized carbons (Fsp3) is 0.615. The Morgan fingerprint density at radius 1 is 1.23 bits per heavy atom. The van der Waals surface area contributed by atoms with Gasteiger partial charge in [-0.2, -0.15) is 13.2 Å². The summed E-state index contributed by atoms with van der Waals surface area (Å²) in [6.45, 7) is 1.10. The van der Waals surface area contributed by atoms with E-state index in [9.17, 15) is 13.2 Å². The molecular weight excluding hydrogens is 297 g/mol. The molecule has 2 aromatic rings. The Labute approximate surface area is 124 Å². The summed E-state index contributed by atoms with van der Waals surface area (Å²) in [5.74, 6) is -0.940. The van der Waals surface area contributed by atoms with Crippen LogP contribution in [0.25, 0.3) is 11.2 Å². The Kier molecular flexibility index (Phi) is 3.90. The lowest BCUT2D eigenvalue weighted by Crippen LogP contribution is -2.40. The third-order valence-electron chi connectivity index (χ3n) is 3.78. The van der Waals surface area contributed by atoms with Crippen molar-refractivity contribution in [1.29, 1.82) is 0 Å². The minimum absolute atomic E-state index is 0.0213. The number of hydrogen-bond acceptors (Lipinski definition) is 5. The Morgan fingerprint density at radius 2 is 2.05 bits per heavy atom. The number of alkyl halides is 3. The molecule has 0 aromatic carbocycles. The first-order chi connectivity index (χ1) is 10.4. The Balaban J connectivity index is 2.05. The Hall–Kier alpha value is -1.90. The third-order valence-corrected chi connectivity index (χ3v) is 3.78. The molecule has 0 bridgehead atoms. The van der Waals surface area contributed by atoms with Gasteiger partial charge >= 0.3 is 6.18 Å². The van der Waals surface area contributed by atoms with Crippen molar-refractivity contribution in [3.8, 4) is 0 Å². The summed E-state index contributed by atoms with van der Waals surface area (Å²) in [5.41, 5.74) is 6.48. The van der Waals surface area contributed by atoms with Crippen molar-refractivity contribution in [1.82, 2.24) is 19.9 Å². The van der Waals surface area contributed by atoms with Crippen LogP contribution in [-0.4, -0.2) is 39.1 Å². The highest BCUT2D eigenvalue weighted by Gasteiger charge is 2.36. The molecule has 0 aliphatic carbocycles. The number of rotatable bonds is 1. The van der Waals surface area contributed by atoms with E-state index >= 15 is 0 Å². The van der Waals surface area contributed by atoms with Crippen molar-refractivity contribution in [2.75, 3.05) is 18.0 Å². The molecule has 22 heavy (non-hydrogen) atoms. The number of imidazole rings is 1. The largest absolute Gasteiger partial charge is 0.451 e. The number of nitrogens with zero attached hydrogens (tertiary/aromatic N) is 4. The number of aromatic nitrogens is 4. The van der Waals surface area contributed by atoms with Crippen LogP contribution in [0.4, 0.5) is 19.0 Å². The summed E-state index contributed by atoms with van der Waals surface area (Å²) < 4.78 is 39.0. The number of aromatic amines is 1. The summed E-state index contributed by atoms with van der Waals surface area (Å²) in [6.07, 6.45) is 0.535. The summed E-state index contributed by atoms with van der Waals surface area (Å²) in [4.78, 5) is 15.7. The van der Waals surface area contributed by atoms with Gasteiger partial charge in [0.1, 0.15) is 5.52 Å². The molecular formula is C13H17F3N6. The molecule has 1 fully saturated rings. The molecule has 120 valence electrons. The zero-order valence-electron chi connectivity index (χ0n) is 11.9. The number of anilines is 1. The van der Waals surface area contributed by atoms with Gasteiger partial charge < -0.3 is 15.6 Å². The molecule has 1 aliphatic rings. The Morgan fingerprint density at radius 3 is 2.82 bits per heavy atom. The molecule has 1 saturated heterocycles. The first-order valence-corrected chi connectivity index (χ1v) is 7.24. The van der Waals surface area contributed by atoms with Crippen LogP contribution >= 0.6 is 0 Å². The van der Waals surface area contributed by atoms with Gasteiger partial charge in [-0.25, -0.2) is 15.0 Å².